The zero-order valence-electron chi connectivity index (χ0n) is 10.3. The Balaban J connectivity index is 2.04. The van der Waals surface area contributed by atoms with Gasteiger partial charge in [0.05, 0.1) is 13.2 Å². The summed E-state index contributed by atoms with van der Waals surface area (Å²) in [4.78, 5) is 0. The van der Waals surface area contributed by atoms with Gasteiger partial charge in [-0.3, -0.25) is 0 Å². The van der Waals surface area contributed by atoms with E-state index < -0.39 is 0 Å². The molecule has 1 aliphatic heterocycles. The molecule has 1 saturated heterocycles. The van der Waals surface area contributed by atoms with E-state index in [1.807, 2.05) is 6.92 Å². The van der Waals surface area contributed by atoms with Crippen molar-refractivity contribution >= 4 is 0 Å². The molecule has 0 spiro atoms. The van der Waals surface area contributed by atoms with Gasteiger partial charge in [0, 0.05) is 19.0 Å². The van der Waals surface area contributed by atoms with Crippen molar-refractivity contribution in [3.8, 4) is 0 Å². The van der Waals surface area contributed by atoms with Crippen LogP contribution in [-0.4, -0.2) is 31.6 Å². The summed E-state index contributed by atoms with van der Waals surface area (Å²) < 4.78 is 11.1. The molecule has 0 saturated carbocycles. The first-order valence-corrected chi connectivity index (χ1v) is 6.17. The third-order valence-electron chi connectivity index (χ3n) is 2.96. The molecule has 1 aliphatic rings. The molecular weight excluding hydrogens is 190 g/mol. The van der Waals surface area contributed by atoms with E-state index in [4.69, 9.17) is 9.47 Å². The van der Waals surface area contributed by atoms with Gasteiger partial charge in [0.2, 0.25) is 0 Å². The normalized spacial score (nSPS) is 21.8. The highest BCUT2D eigenvalue weighted by Crippen LogP contribution is 2.21. The molecule has 1 heterocycles. The van der Waals surface area contributed by atoms with Crippen LogP contribution in [0.3, 0.4) is 0 Å². The number of unbranched alkanes of at least 4 members (excludes halogenated alkanes) is 1. The average Bonchev–Trinajstić information content (AvgIpc) is 2.62. The van der Waals surface area contributed by atoms with Gasteiger partial charge in [-0.2, -0.15) is 0 Å². The molecule has 90 valence electrons. The summed E-state index contributed by atoms with van der Waals surface area (Å²) in [6.07, 6.45) is 4.77. The minimum atomic E-state index is -0.336. The average molecular weight is 215 g/mol. The van der Waals surface area contributed by atoms with Crippen molar-refractivity contribution in [1.29, 1.82) is 0 Å². The maximum absolute atomic E-state index is 5.54. The predicted octanol–water partition coefficient (Wildman–Crippen LogP) is 2.31. The molecule has 1 atom stereocenters. The van der Waals surface area contributed by atoms with Crippen molar-refractivity contribution in [3.05, 3.63) is 0 Å². The van der Waals surface area contributed by atoms with E-state index in [0.29, 0.717) is 6.04 Å². The third-order valence-corrected chi connectivity index (χ3v) is 2.96. The lowest BCUT2D eigenvalue weighted by atomic mass is 10.1. The second-order valence-electron chi connectivity index (χ2n) is 4.58. The largest absolute Gasteiger partial charge is 0.348 e. The Morgan fingerprint density at radius 2 is 2.00 bits per heavy atom. The summed E-state index contributed by atoms with van der Waals surface area (Å²) in [6, 6.07) is 0.606. The number of ether oxygens (including phenoxy) is 2. The van der Waals surface area contributed by atoms with Gasteiger partial charge in [-0.1, -0.05) is 19.8 Å². The van der Waals surface area contributed by atoms with Gasteiger partial charge in [0.1, 0.15) is 0 Å². The standard InChI is InChI=1S/C12H25NO2/c1-4-5-6-11(2)13-8-7-12(3)14-9-10-15-12/h11,13H,4-10H2,1-3H3. The molecule has 0 aromatic carbocycles. The Morgan fingerprint density at radius 1 is 1.33 bits per heavy atom. The number of nitrogens with one attached hydrogen (secondary N) is 1. The van der Waals surface area contributed by atoms with Crippen LogP contribution in [0.5, 0.6) is 0 Å². The molecule has 1 rings (SSSR count). The second kappa shape index (κ2) is 6.46. The molecule has 0 aliphatic carbocycles. The van der Waals surface area contributed by atoms with Crippen molar-refractivity contribution in [1.82, 2.24) is 5.32 Å². The van der Waals surface area contributed by atoms with Crippen LogP contribution in [0.4, 0.5) is 0 Å². The SMILES string of the molecule is CCCCC(C)NCCC1(C)OCCO1. The lowest BCUT2D eigenvalue weighted by Crippen LogP contribution is -2.34. The van der Waals surface area contributed by atoms with Crippen LogP contribution >= 0.6 is 0 Å². The molecule has 3 nitrogen and oxygen atoms in total. The molecule has 1 unspecified atom stereocenters. The smallest absolute Gasteiger partial charge is 0.166 e. The Labute approximate surface area is 93.5 Å². The lowest BCUT2D eigenvalue weighted by Gasteiger charge is -2.23. The van der Waals surface area contributed by atoms with Gasteiger partial charge in [-0.25, -0.2) is 0 Å². The maximum atomic E-state index is 5.54. The molecule has 1 N–H and O–H groups in total. The van der Waals surface area contributed by atoms with E-state index in [-0.39, 0.29) is 5.79 Å². The van der Waals surface area contributed by atoms with Gasteiger partial charge in [-0.15, -0.1) is 0 Å². The van der Waals surface area contributed by atoms with E-state index in [1.165, 1.54) is 19.3 Å². The summed E-state index contributed by atoms with van der Waals surface area (Å²) in [6.45, 7) is 8.95. The molecule has 1 fully saturated rings. The van der Waals surface area contributed by atoms with Gasteiger partial charge >= 0.3 is 0 Å². The Hall–Kier alpha value is -0.120. The predicted molar refractivity (Wildman–Crippen MR) is 61.9 cm³/mol. The fourth-order valence-corrected chi connectivity index (χ4v) is 1.86. The molecule has 3 heteroatoms. The van der Waals surface area contributed by atoms with E-state index in [9.17, 15) is 0 Å². The summed E-state index contributed by atoms with van der Waals surface area (Å²) in [5.41, 5.74) is 0. The highest BCUT2D eigenvalue weighted by atomic mass is 16.7. The van der Waals surface area contributed by atoms with Gasteiger partial charge in [0.15, 0.2) is 5.79 Å². The molecule has 0 aromatic heterocycles. The highest BCUT2D eigenvalue weighted by Gasteiger charge is 2.30. The van der Waals surface area contributed by atoms with Crippen LogP contribution in [0.2, 0.25) is 0 Å². The molecule has 0 aromatic rings. The van der Waals surface area contributed by atoms with Gasteiger partial charge in [0.25, 0.3) is 0 Å². The van der Waals surface area contributed by atoms with E-state index in [2.05, 4.69) is 19.2 Å². The quantitative estimate of drug-likeness (QED) is 0.707. The Kier molecular flexibility index (Phi) is 5.58. The topological polar surface area (TPSA) is 30.5 Å². The third kappa shape index (κ3) is 4.96. The molecule has 0 amide bonds. The first-order valence-electron chi connectivity index (χ1n) is 6.17. The molecule has 0 bridgehead atoms. The van der Waals surface area contributed by atoms with Gasteiger partial charge in [-0.05, 0) is 20.3 Å². The second-order valence-corrected chi connectivity index (χ2v) is 4.58. The zero-order valence-corrected chi connectivity index (χ0v) is 10.3. The zero-order chi connectivity index (χ0) is 11.1. The Morgan fingerprint density at radius 3 is 2.60 bits per heavy atom. The summed E-state index contributed by atoms with van der Waals surface area (Å²) in [7, 11) is 0. The number of rotatable bonds is 7. The summed E-state index contributed by atoms with van der Waals surface area (Å²) in [5.74, 6) is -0.336. The van der Waals surface area contributed by atoms with Crippen LogP contribution in [0, 0.1) is 0 Å². The van der Waals surface area contributed by atoms with Crippen molar-refractivity contribution in [2.75, 3.05) is 19.8 Å². The lowest BCUT2D eigenvalue weighted by molar-refractivity contribution is -0.145. The van der Waals surface area contributed by atoms with Crippen molar-refractivity contribution < 1.29 is 9.47 Å². The van der Waals surface area contributed by atoms with Gasteiger partial charge < -0.3 is 14.8 Å². The van der Waals surface area contributed by atoms with E-state index in [0.717, 1.165) is 26.2 Å². The van der Waals surface area contributed by atoms with Crippen LogP contribution in [0.25, 0.3) is 0 Å². The summed E-state index contributed by atoms with van der Waals surface area (Å²) >= 11 is 0. The summed E-state index contributed by atoms with van der Waals surface area (Å²) in [5, 5.41) is 3.51. The van der Waals surface area contributed by atoms with Crippen molar-refractivity contribution in [3.63, 3.8) is 0 Å². The van der Waals surface area contributed by atoms with Crippen molar-refractivity contribution in [2.24, 2.45) is 0 Å². The molecule has 15 heavy (non-hydrogen) atoms. The van der Waals surface area contributed by atoms with E-state index in [1.54, 1.807) is 0 Å². The minimum absolute atomic E-state index is 0.336. The van der Waals surface area contributed by atoms with Crippen LogP contribution in [-0.2, 0) is 9.47 Å². The first-order chi connectivity index (χ1) is 7.16. The Bertz CT molecular complexity index is 167. The van der Waals surface area contributed by atoms with Crippen LogP contribution in [0.1, 0.15) is 46.5 Å². The minimum Gasteiger partial charge on any atom is -0.348 e. The monoisotopic (exact) mass is 215 g/mol. The first kappa shape index (κ1) is 12.9. The fraction of sp³-hybridized carbons (Fsp3) is 1.00. The fourth-order valence-electron chi connectivity index (χ4n) is 1.86. The molecular formula is C12H25NO2. The number of hydrogen-bond donors (Lipinski definition) is 1. The molecule has 0 radical (unpaired) electrons. The number of hydrogen-bond acceptors (Lipinski definition) is 3. The maximum Gasteiger partial charge on any atom is 0.166 e. The van der Waals surface area contributed by atoms with Crippen molar-refractivity contribution in [2.45, 2.75) is 58.3 Å². The van der Waals surface area contributed by atoms with E-state index >= 15 is 0 Å². The van der Waals surface area contributed by atoms with Crippen LogP contribution < -0.4 is 5.32 Å². The van der Waals surface area contributed by atoms with Crippen LogP contribution in [0.15, 0.2) is 0 Å². The highest BCUT2D eigenvalue weighted by molar-refractivity contribution is 4.71.